The highest BCUT2D eigenvalue weighted by molar-refractivity contribution is 5.99. The summed E-state index contributed by atoms with van der Waals surface area (Å²) < 4.78 is 0. The number of carbonyl (C=O) groups is 2. The molecule has 1 unspecified atom stereocenters. The molecule has 2 N–H and O–H groups in total. The van der Waals surface area contributed by atoms with Crippen LogP contribution in [-0.4, -0.2) is 27.6 Å². The van der Waals surface area contributed by atoms with Crippen LogP contribution in [0, 0.1) is 12.8 Å². The van der Waals surface area contributed by atoms with E-state index in [0.29, 0.717) is 0 Å². The van der Waals surface area contributed by atoms with Crippen molar-refractivity contribution in [3.05, 3.63) is 6.92 Å². The minimum Gasteiger partial charge on any atom is -0.359 e. The smallest absolute Gasteiger partial charge is 0.233 e. The van der Waals surface area contributed by atoms with E-state index < -0.39 is 17.5 Å². The van der Waals surface area contributed by atoms with E-state index in [-0.39, 0.29) is 18.6 Å². The number of hydrogen-bond donors (Lipinski definition) is 2. The Kier molecular flexibility index (Phi) is 1.82. The molecule has 0 spiro atoms. The summed E-state index contributed by atoms with van der Waals surface area (Å²) in [5.41, 5.74) is 0. The topological polar surface area (TPSA) is 74.6 Å². The van der Waals surface area contributed by atoms with Crippen molar-refractivity contribution in [1.82, 2.24) is 0 Å². The van der Waals surface area contributed by atoms with Crippen molar-refractivity contribution in [3.8, 4) is 0 Å². The molecule has 0 amide bonds. The summed E-state index contributed by atoms with van der Waals surface area (Å²) in [4.78, 5) is 21.6. The Bertz CT molecular complexity index is 206. The van der Waals surface area contributed by atoms with Crippen LogP contribution in [0.25, 0.3) is 0 Å². The van der Waals surface area contributed by atoms with Gasteiger partial charge in [0.2, 0.25) is 5.79 Å². The molecule has 1 radical (unpaired) electrons. The summed E-state index contributed by atoms with van der Waals surface area (Å²) in [7, 11) is 0. The predicted molar refractivity (Wildman–Crippen MR) is 35.3 cm³/mol. The third kappa shape index (κ3) is 1.19. The predicted octanol–water partition coefficient (Wildman–Crippen LogP) is -0.950. The van der Waals surface area contributed by atoms with Gasteiger partial charge in [0.25, 0.3) is 0 Å². The van der Waals surface area contributed by atoms with E-state index in [0.717, 1.165) is 0 Å². The molecule has 4 nitrogen and oxygen atoms in total. The van der Waals surface area contributed by atoms with E-state index in [4.69, 9.17) is 10.2 Å². The summed E-state index contributed by atoms with van der Waals surface area (Å²) in [6.07, 6.45) is -0.0340. The normalized spacial score (nSPS) is 30.6. The first-order valence-electron chi connectivity index (χ1n) is 3.30. The van der Waals surface area contributed by atoms with Gasteiger partial charge in [-0.05, 0) is 6.92 Å². The average Bonchev–Trinajstić information content (AvgIpc) is 1.95. The van der Waals surface area contributed by atoms with Gasteiger partial charge in [-0.15, -0.1) is 0 Å². The number of aliphatic hydroxyl groups is 2. The van der Waals surface area contributed by atoms with Crippen molar-refractivity contribution in [2.75, 3.05) is 0 Å². The largest absolute Gasteiger partial charge is 0.359 e. The van der Waals surface area contributed by atoms with Crippen LogP contribution in [0.3, 0.4) is 0 Å². The van der Waals surface area contributed by atoms with Gasteiger partial charge in [-0.1, -0.05) is 0 Å². The van der Waals surface area contributed by atoms with E-state index in [9.17, 15) is 9.59 Å². The molecule has 1 atom stereocenters. The summed E-state index contributed by atoms with van der Waals surface area (Å²) >= 11 is 0. The highest BCUT2D eigenvalue weighted by Gasteiger charge is 2.46. The van der Waals surface area contributed by atoms with Crippen LogP contribution in [0.1, 0.15) is 12.8 Å². The molecule has 0 aromatic heterocycles. The zero-order valence-corrected chi connectivity index (χ0v) is 5.91. The minimum absolute atomic E-state index is 0.0653. The molecule has 0 saturated heterocycles. The molecule has 4 heteroatoms. The summed E-state index contributed by atoms with van der Waals surface area (Å²) in [6, 6.07) is 0. The molecule has 1 aliphatic carbocycles. The van der Waals surface area contributed by atoms with Gasteiger partial charge in [0.05, 0.1) is 5.92 Å². The zero-order chi connectivity index (χ0) is 8.65. The number of Topliss-reactive ketones (excluding diaryl/α,β-unsaturated/α-hetero) is 2. The molecule has 0 aromatic carbocycles. The maximum Gasteiger partial charge on any atom is 0.233 e. The van der Waals surface area contributed by atoms with Crippen LogP contribution in [0.5, 0.6) is 0 Å². The standard InChI is InChI=1S/C7H9O4/c1-4-5(8)2-3-6(9)7(4,10)11/h4,10-11H,1-3H2. The molecule has 1 aliphatic rings. The Morgan fingerprint density at radius 2 is 1.91 bits per heavy atom. The second-order valence-corrected chi connectivity index (χ2v) is 2.67. The van der Waals surface area contributed by atoms with Crippen LogP contribution in [-0.2, 0) is 9.59 Å². The monoisotopic (exact) mass is 157 g/mol. The van der Waals surface area contributed by atoms with Crippen molar-refractivity contribution < 1.29 is 19.8 Å². The maximum atomic E-state index is 10.8. The van der Waals surface area contributed by atoms with Gasteiger partial charge in [0, 0.05) is 12.8 Å². The van der Waals surface area contributed by atoms with Crippen molar-refractivity contribution in [2.45, 2.75) is 18.6 Å². The van der Waals surface area contributed by atoms with E-state index in [1.807, 2.05) is 0 Å². The van der Waals surface area contributed by atoms with Crippen molar-refractivity contribution >= 4 is 11.6 Å². The molecule has 0 aromatic rings. The van der Waals surface area contributed by atoms with Crippen LogP contribution in [0.2, 0.25) is 0 Å². The van der Waals surface area contributed by atoms with Gasteiger partial charge >= 0.3 is 0 Å². The molecule has 0 bridgehead atoms. The summed E-state index contributed by atoms with van der Waals surface area (Å²) in [6.45, 7) is 3.21. The van der Waals surface area contributed by atoms with Crippen LogP contribution in [0.15, 0.2) is 0 Å². The third-order valence-electron chi connectivity index (χ3n) is 1.88. The molecule has 0 heterocycles. The molecular weight excluding hydrogens is 148 g/mol. The fraction of sp³-hybridized carbons (Fsp3) is 0.571. The second-order valence-electron chi connectivity index (χ2n) is 2.67. The minimum atomic E-state index is -2.53. The Morgan fingerprint density at radius 3 is 2.36 bits per heavy atom. The molecular formula is C7H9O4. The lowest BCUT2D eigenvalue weighted by atomic mass is 9.83. The lowest BCUT2D eigenvalue weighted by Crippen LogP contribution is -2.51. The third-order valence-corrected chi connectivity index (χ3v) is 1.88. The molecule has 1 saturated carbocycles. The maximum absolute atomic E-state index is 10.8. The van der Waals surface area contributed by atoms with Crippen molar-refractivity contribution in [1.29, 1.82) is 0 Å². The van der Waals surface area contributed by atoms with E-state index in [1.54, 1.807) is 0 Å². The van der Waals surface area contributed by atoms with E-state index in [1.165, 1.54) is 0 Å². The summed E-state index contributed by atoms with van der Waals surface area (Å²) in [5.74, 6) is -4.87. The fourth-order valence-electron chi connectivity index (χ4n) is 1.01. The van der Waals surface area contributed by atoms with E-state index in [2.05, 4.69) is 6.92 Å². The average molecular weight is 157 g/mol. The van der Waals surface area contributed by atoms with Crippen molar-refractivity contribution in [2.24, 2.45) is 5.92 Å². The fourth-order valence-corrected chi connectivity index (χ4v) is 1.01. The highest BCUT2D eigenvalue weighted by Crippen LogP contribution is 2.25. The van der Waals surface area contributed by atoms with Gasteiger partial charge in [-0.2, -0.15) is 0 Å². The number of ketones is 2. The Labute approximate surface area is 63.8 Å². The van der Waals surface area contributed by atoms with Crippen LogP contribution in [0.4, 0.5) is 0 Å². The lowest BCUT2D eigenvalue weighted by molar-refractivity contribution is -0.203. The van der Waals surface area contributed by atoms with Crippen LogP contribution >= 0.6 is 0 Å². The first kappa shape index (κ1) is 8.36. The first-order chi connectivity index (χ1) is 4.96. The van der Waals surface area contributed by atoms with Gasteiger partial charge in [-0.25, -0.2) is 0 Å². The molecule has 0 aliphatic heterocycles. The summed E-state index contributed by atoms with van der Waals surface area (Å²) in [5, 5.41) is 18.0. The second kappa shape index (κ2) is 2.39. The first-order valence-corrected chi connectivity index (χ1v) is 3.30. The number of hydrogen-bond acceptors (Lipinski definition) is 4. The molecule has 1 fully saturated rings. The Morgan fingerprint density at radius 1 is 1.36 bits per heavy atom. The van der Waals surface area contributed by atoms with Gasteiger partial charge in [0.1, 0.15) is 5.78 Å². The van der Waals surface area contributed by atoms with Gasteiger partial charge in [-0.3, -0.25) is 9.59 Å². The van der Waals surface area contributed by atoms with Crippen LogP contribution < -0.4 is 0 Å². The Balaban J connectivity index is 2.89. The number of rotatable bonds is 0. The lowest BCUT2D eigenvalue weighted by Gasteiger charge is -2.29. The molecule has 11 heavy (non-hydrogen) atoms. The van der Waals surface area contributed by atoms with Gasteiger partial charge in [0.15, 0.2) is 5.78 Å². The number of carbonyl (C=O) groups excluding carboxylic acids is 2. The molecule has 1 rings (SSSR count). The zero-order valence-electron chi connectivity index (χ0n) is 5.91. The quantitative estimate of drug-likeness (QED) is 0.444. The van der Waals surface area contributed by atoms with Gasteiger partial charge < -0.3 is 10.2 Å². The Hall–Kier alpha value is -0.740. The highest BCUT2D eigenvalue weighted by atomic mass is 16.5. The van der Waals surface area contributed by atoms with Crippen molar-refractivity contribution in [3.63, 3.8) is 0 Å². The van der Waals surface area contributed by atoms with E-state index >= 15 is 0 Å². The molecule has 61 valence electrons. The SMILES string of the molecule is [CH2]C1C(=O)CCC(=O)C1(O)O.